The van der Waals surface area contributed by atoms with E-state index in [9.17, 15) is 13.7 Å². The van der Waals surface area contributed by atoms with Gasteiger partial charge in [-0.25, -0.2) is 4.39 Å². The Kier molecular flexibility index (Phi) is 3.14. The van der Waals surface area contributed by atoms with Gasteiger partial charge in [0.2, 0.25) is 0 Å². The van der Waals surface area contributed by atoms with Crippen LogP contribution < -0.4 is 0 Å². The van der Waals surface area contributed by atoms with Crippen molar-refractivity contribution in [1.82, 2.24) is 0 Å². The first-order valence-electron chi connectivity index (χ1n) is 4.61. The number of hydrogen-bond acceptors (Lipinski definition) is 3. The van der Waals surface area contributed by atoms with Gasteiger partial charge in [-0.05, 0) is 12.1 Å². The van der Waals surface area contributed by atoms with Crippen molar-refractivity contribution in [3.63, 3.8) is 0 Å². The van der Waals surface area contributed by atoms with Crippen LogP contribution in [0.1, 0.15) is 0 Å². The highest BCUT2D eigenvalue weighted by Crippen LogP contribution is 2.20. The van der Waals surface area contributed by atoms with Gasteiger partial charge in [-0.15, -0.1) is 0 Å². The highest BCUT2D eigenvalue weighted by molar-refractivity contribution is 7.85. The third-order valence-corrected chi connectivity index (χ3v) is 4.09. The van der Waals surface area contributed by atoms with Gasteiger partial charge in [-0.2, -0.15) is 0 Å². The third kappa shape index (κ3) is 2.09. The minimum atomic E-state index is -1.55. The van der Waals surface area contributed by atoms with Gasteiger partial charge in [-0.1, -0.05) is 12.1 Å². The Morgan fingerprint density at radius 1 is 1.40 bits per heavy atom. The summed E-state index contributed by atoms with van der Waals surface area (Å²) in [5.74, 6) is -0.505. The summed E-state index contributed by atoms with van der Waals surface area (Å²) in [4.78, 5) is 0.132. The quantitative estimate of drug-likeness (QED) is 0.813. The second kappa shape index (κ2) is 4.38. The van der Waals surface area contributed by atoms with Gasteiger partial charge in [0.05, 0.1) is 40.3 Å². The average molecular weight is 230 g/mol. The zero-order valence-corrected chi connectivity index (χ0v) is 8.74. The minimum Gasteiger partial charge on any atom is -0.389 e. The molecule has 15 heavy (non-hydrogen) atoms. The molecule has 82 valence electrons. The van der Waals surface area contributed by atoms with Crippen molar-refractivity contribution < 1.29 is 18.4 Å². The molecule has 1 heterocycles. The van der Waals surface area contributed by atoms with Crippen molar-refractivity contribution in [3.8, 4) is 0 Å². The fourth-order valence-corrected chi connectivity index (χ4v) is 2.88. The number of rotatable bonds is 2. The molecule has 1 aromatic carbocycles. The van der Waals surface area contributed by atoms with Crippen molar-refractivity contribution in [3.05, 3.63) is 30.1 Å². The van der Waals surface area contributed by atoms with E-state index in [1.807, 2.05) is 0 Å². The normalized spacial score (nSPS) is 27.9. The topological polar surface area (TPSA) is 46.5 Å². The molecule has 3 unspecified atom stereocenters. The molecule has 0 bridgehead atoms. The standard InChI is InChI=1S/C10H11FO3S/c11-7-3-1-2-4-9(7)15(13)10-6-14-5-8(10)12/h1-4,8,10,12H,5-6H2. The molecule has 1 N–H and O–H groups in total. The predicted octanol–water partition coefficient (Wildman–Crippen LogP) is 0.693. The van der Waals surface area contributed by atoms with E-state index >= 15 is 0 Å². The fourth-order valence-electron chi connectivity index (χ4n) is 1.50. The zero-order valence-electron chi connectivity index (χ0n) is 7.93. The van der Waals surface area contributed by atoms with E-state index in [2.05, 4.69) is 0 Å². The molecule has 3 nitrogen and oxygen atoms in total. The number of hydrogen-bond donors (Lipinski definition) is 1. The molecule has 1 aromatic rings. The Labute approximate surface area is 89.3 Å². The molecule has 5 heteroatoms. The molecule has 0 aromatic heterocycles. The number of benzene rings is 1. The maximum atomic E-state index is 13.3. The number of aliphatic hydroxyl groups is 1. The lowest BCUT2D eigenvalue weighted by Gasteiger charge is -2.12. The van der Waals surface area contributed by atoms with Gasteiger partial charge in [0, 0.05) is 0 Å². The zero-order chi connectivity index (χ0) is 10.8. The summed E-state index contributed by atoms with van der Waals surface area (Å²) in [6, 6.07) is 5.89. The highest BCUT2D eigenvalue weighted by atomic mass is 32.2. The van der Waals surface area contributed by atoms with Gasteiger partial charge >= 0.3 is 0 Å². The van der Waals surface area contributed by atoms with E-state index in [4.69, 9.17) is 4.74 Å². The summed E-state index contributed by atoms with van der Waals surface area (Å²) in [6.45, 7) is 0.382. The van der Waals surface area contributed by atoms with Crippen molar-refractivity contribution in [2.75, 3.05) is 13.2 Å². The van der Waals surface area contributed by atoms with Crippen LogP contribution in [0.25, 0.3) is 0 Å². The maximum absolute atomic E-state index is 13.3. The number of ether oxygens (including phenoxy) is 1. The van der Waals surface area contributed by atoms with Crippen LogP contribution in [0.2, 0.25) is 0 Å². The molecule has 0 spiro atoms. The van der Waals surface area contributed by atoms with Crippen LogP contribution in [0, 0.1) is 5.82 Å². The summed E-state index contributed by atoms with van der Waals surface area (Å²) < 4.78 is 30.2. The van der Waals surface area contributed by atoms with E-state index in [0.717, 1.165) is 0 Å². The Balaban J connectivity index is 2.24. The highest BCUT2D eigenvalue weighted by Gasteiger charge is 2.33. The maximum Gasteiger partial charge on any atom is 0.139 e. The van der Waals surface area contributed by atoms with Crippen molar-refractivity contribution in [1.29, 1.82) is 0 Å². The lowest BCUT2D eigenvalue weighted by atomic mass is 10.3. The molecule has 2 rings (SSSR count). The van der Waals surface area contributed by atoms with Crippen LogP contribution in [-0.4, -0.2) is 33.9 Å². The Morgan fingerprint density at radius 2 is 2.13 bits per heavy atom. The van der Waals surface area contributed by atoms with Gasteiger partial charge in [0.1, 0.15) is 5.82 Å². The Hall–Kier alpha value is -0.780. The molecule has 1 aliphatic rings. The Bertz CT molecular complexity index is 383. The lowest BCUT2D eigenvalue weighted by Crippen LogP contribution is -2.28. The predicted molar refractivity (Wildman–Crippen MR) is 53.4 cm³/mol. The third-order valence-electron chi connectivity index (χ3n) is 2.33. The van der Waals surface area contributed by atoms with E-state index in [-0.39, 0.29) is 18.1 Å². The first-order valence-corrected chi connectivity index (χ1v) is 5.82. The molecule has 0 saturated carbocycles. The lowest BCUT2D eigenvalue weighted by molar-refractivity contribution is 0.127. The van der Waals surface area contributed by atoms with E-state index < -0.39 is 28.0 Å². The van der Waals surface area contributed by atoms with Crippen LogP contribution in [0.3, 0.4) is 0 Å². The average Bonchev–Trinajstić information content (AvgIpc) is 2.64. The summed E-state index contributed by atoms with van der Waals surface area (Å²) in [6.07, 6.45) is -0.773. The van der Waals surface area contributed by atoms with Gasteiger partial charge in [0.25, 0.3) is 0 Å². The van der Waals surface area contributed by atoms with Crippen molar-refractivity contribution >= 4 is 10.8 Å². The second-order valence-corrected chi connectivity index (χ2v) is 5.01. The molecular formula is C10H11FO3S. The molecule has 0 radical (unpaired) electrons. The van der Waals surface area contributed by atoms with Crippen LogP contribution in [-0.2, 0) is 15.5 Å². The van der Waals surface area contributed by atoms with E-state index in [0.29, 0.717) is 0 Å². The fraction of sp³-hybridized carbons (Fsp3) is 0.400. The van der Waals surface area contributed by atoms with Gasteiger partial charge in [0.15, 0.2) is 0 Å². The summed E-state index contributed by atoms with van der Waals surface area (Å²) >= 11 is 0. The minimum absolute atomic E-state index is 0.132. The van der Waals surface area contributed by atoms with Crippen molar-refractivity contribution in [2.45, 2.75) is 16.2 Å². The van der Waals surface area contributed by atoms with Crippen LogP contribution in [0.15, 0.2) is 29.2 Å². The smallest absolute Gasteiger partial charge is 0.139 e. The molecule has 1 saturated heterocycles. The first kappa shape index (κ1) is 10.7. The summed E-state index contributed by atoms with van der Waals surface area (Å²) in [7, 11) is -1.55. The molecule has 0 amide bonds. The molecule has 3 atom stereocenters. The molecule has 1 fully saturated rings. The molecule has 1 aliphatic heterocycles. The van der Waals surface area contributed by atoms with Gasteiger partial charge in [-0.3, -0.25) is 4.21 Å². The van der Waals surface area contributed by atoms with E-state index in [1.165, 1.54) is 18.2 Å². The van der Waals surface area contributed by atoms with Gasteiger partial charge < -0.3 is 9.84 Å². The monoisotopic (exact) mass is 230 g/mol. The second-order valence-electron chi connectivity index (χ2n) is 3.37. The van der Waals surface area contributed by atoms with Crippen LogP contribution in [0.4, 0.5) is 4.39 Å². The van der Waals surface area contributed by atoms with E-state index in [1.54, 1.807) is 6.07 Å². The number of halogens is 1. The molecular weight excluding hydrogens is 219 g/mol. The molecule has 0 aliphatic carbocycles. The van der Waals surface area contributed by atoms with Crippen LogP contribution >= 0.6 is 0 Å². The SMILES string of the molecule is O=S(c1ccccc1F)C1COCC1O. The largest absolute Gasteiger partial charge is 0.389 e. The van der Waals surface area contributed by atoms with Crippen molar-refractivity contribution in [2.24, 2.45) is 0 Å². The Morgan fingerprint density at radius 3 is 2.73 bits per heavy atom. The summed E-state index contributed by atoms with van der Waals surface area (Å²) in [5, 5.41) is 8.95. The number of aliphatic hydroxyl groups excluding tert-OH is 1. The summed E-state index contributed by atoms with van der Waals surface area (Å²) in [5.41, 5.74) is 0. The van der Waals surface area contributed by atoms with Crippen LogP contribution in [0.5, 0.6) is 0 Å². The first-order chi connectivity index (χ1) is 7.20.